The minimum absolute atomic E-state index is 0.0739. The molecule has 1 amide bonds. The zero-order chi connectivity index (χ0) is 13.9. The number of hydrogen-bond donors (Lipinski definition) is 3. The molecule has 0 spiro atoms. The fourth-order valence-corrected chi connectivity index (χ4v) is 3.37. The number of amides is 1. The second-order valence-corrected chi connectivity index (χ2v) is 5.89. The van der Waals surface area contributed by atoms with Crippen LogP contribution >= 0.6 is 0 Å². The number of nitrogens with one attached hydrogen (secondary N) is 2. The molecule has 4 nitrogen and oxygen atoms in total. The van der Waals surface area contributed by atoms with Crippen LogP contribution in [0.25, 0.3) is 0 Å². The van der Waals surface area contributed by atoms with Crippen molar-refractivity contribution in [3.8, 4) is 0 Å². The minimum atomic E-state index is -0.148. The second-order valence-electron chi connectivity index (χ2n) is 5.89. The number of aliphatic hydroxyl groups is 1. The number of hydrogen-bond acceptors (Lipinski definition) is 3. The van der Waals surface area contributed by atoms with E-state index in [0.717, 1.165) is 32.2 Å². The molecule has 20 heavy (non-hydrogen) atoms. The van der Waals surface area contributed by atoms with Gasteiger partial charge in [-0.15, -0.1) is 0 Å². The number of benzene rings is 1. The van der Waals surface area contributed by atoms with E-state index in [1.165, 1.54) is 11.1 Å². The largest absolute Gasteiger partial charge is 0.396 e. The summed E-state index contributed by atoms with van der Waals surface area (Å²) >= 11 is 0. The van der Waals surface area contributed by atoms with Gasteiger partial charge in [0.15, 0.2) is 0 Å². The standard InChI is InChI=1S/C16H22N2O2/c19-10-13-6-3-7-14(13)18-16(20)15-8-11-4-1-2-5-12(11)9-17-15/h1-2,4-5,13-15,17,19H,3,6-10H2,(H,18,20)/t13?,14?,15-/m0/s1. The van der Waals surface area contributed by atoms with E-state index in [2.05, 4.69) is 22.8 Å². The van der Waals surface area contributed by atoms with Crippen LogP contribution in [0, 0.1) is 5.92 Å². The summed E-state index contributed by atoms with van der Waals surface area (Å²) in [5.41, 5.74) is 2.54. The van der Waals surface area contributed by atoms with Gasteiger partial charge in [-0.25, -0.2) is 0 Å². The highest BCUT2D eigenvalue weighted by molar-refractivity contribution is 5.82. The van der Waals surface area contributed by atoms with E-state index in [-0.39, 0.29) is 30.5 Å². The van der Waals surface area contributed by atoms with Crippen LogP contribution in [0.3, 0.4) is 0 Å². The smallest absolute Gasteiger partial charge is 0.237 e. The first-order valence-corrected chi connectivity index (χ1v) is 7.49. The number of carbonyl (C=O) groups excluding carboxylic acids is 1. The fourth-order valence-electron chi connectivity index (χ4n) is 3.37. The third-order valence-electron chi connectivity index (χ3n) is 4.62. The lowest BCUT2D eigenvalue weighted by Gasteiger charge is -2.28. The van der Waals surface area contributed by atoms with Crippen molar-refractivity contribution >= 4 is 5.91 Å². The summed E-state index contributed by atoms with van der Waals surface area (Å²) in [6.07, 6.45) is 3.85. The molecular formula is C16H22N2O2. The van der Waals surface area contributed by atoms with E-state index < -0.39 is 0 Å². The van der Waals surface area contributed by atoms with Crippen molar-refractivity contribution in [3.63, 3.8) is 0 Å². The van der Waals surface area contributed by atoms with Gasteiger partial charge in [0.25, 0.3) is 0 Å². The van der Waals surface area contributed by atoms with Crippen LogP contribution in [-0.4, -0.2) is 29.7 Å². The Balaban J connectivity index is 1.61. The lowest BCUT2D eigenvalue weighted by Crippen LogP contribution is -2.51. The van der Waals surface area contributed by atoms with Crippen molar-refractivity contribution in [1.82, 2.24) is 10.6 Å². The van der Waals surface area contributed by atoms with Gasteiger partial charge in [-0.2, -0.15) is 0 Å². The summed E-state index contributed by atoms with van der Waals surface area (Å²) in [7, 11) is 0. The SMILES string of the molecule is O=C(NC1CCCC1CO)[C@@H]1Cc2ccccc2CN1. The lowest BCUT2D eigenvalue weighted by atomic mass is 9.95. The molecule has 2 aliphatic rings. The maximum atomic E-state index is 12.4. The Labute approximate surface area is 119 Å². The minimum Gasteiger partial charge on any atom is -0.396 e. The maximum absolute atomic E-state index is 12.4. The van der Waals surface area contributed by atoms with Gasteiger partial charge in [-0.3, -0.25) is 4.79 Å². The molecule has 3 rings (SSSR count). The Morgan fingerprint density at radius 1 is 1.30 bits per heavy atom. The van der Waals surface area contributed by atoms with Crippen molar-refractivity contribution in [2.75, 3.05) is 6.61 Å². The summed E-state index contributed by atoms with van der Waals surface area (Å²) < 4.78 is 0. The molecule has 1 fully saturated rings. The number of rotatable bonds is 3. The average molecular weight is 274 g/mol. The van der Waals surface area contributed by atoms with Gasteiger partial charge in [0.1, 0.15) is 0 Å². The van der Waals surface area contributed by atoms with Crippen molar-refractivity contribution < 1.29 is 9.90 Å². The summed E-state index contributed by atoms with van der Waals surface area (Å²) in [5.74, 6) is 0.305. The van der Waals surface area contributed by atoms with Gasteiger partial charge in [0, 0.05) is 25.1 Å². The van der Waals surface area contributed by atoms with Gasteiger partial charge in [0.05, 0.1) is 6.04 Å². The predicted octanol–water partition coefficient (Wildman–Crippen LogP) is 0.978. The Morgan fingerprint density at radius 2 is 2.10 bits per heavy atom. The van der Waals surface area contributed by atoms with E-state index in [4.69, 9.17) is 0 Å². The van der Waals surface area contributed by atoms with Gasteiger partial charge in [0.2, 0.25) is 5.91 Å². The molecule has 1 aromatic carbocycles. The highest BCUT2D eigenvalue weighted by atomic mass is 16.3. The van der Waals surface area contributed by atoms with Crippen molar-refractivity contribution in [2.24, 2.45) is 5.92 Å². The summed E-state index contributed by atoms with van der Waals surface area (Å²) in [6.45, 7) is 0.925. The normalized spacial score (nSPS) is 28.9. The molecule has 1 aliphatic carbocycles. The van der Waals surface area contributed by atoms with Gasteiger partial charge < -0.3 is 15.7 Å². The van der Waals surface area contributed by atoms with E-state index in [1.807, 2.05) is 12.1 Å². The van der Waals surface area contributed by atoms with Crippen LogP contribution in [0.4, 0.5) is 0 Å². The Kier molecular flexibility index (Phi) is 4.03. The second kappa shape index (κ2) is 5.94. The Morgan fingerprint density at radius 3 is 2.90 bits per heavy atom. The first-order chi connectivity index (χ1) is 9.78. The zero-order valence-electron chi connectivity index (χ0n) is 11.6. The maximum Gasteiger partial charge on any atom is 0.237 e. The highest BCUT2D eigenvalue weighted by Gasteiger charge is 2.31. The van der Waals surface area contributed by atoms with Crippen LogP contribution in [0.15, 0.2) is 24.3 Å². The lowest BCUT2D eigenvalue weighted by molar-refractivity contribution is -0.124. The molecule has 0 saturated heterocycles. The van der Waals surface area contributed by atoms with Gasteiger partial charge in [-0.05, 0) is 30.4 Å². The first-order valence-electron chi connectivity index (χ1n) is 7.49. The number of carbonyl (C=O) groups is 1. The third kappa shape index (κ3) is 2.72. The molecule has 0 aromatic heterocycles. The van der Waals surface area contributed by atoms with Crippen molar-refractivity contribution in [1.29, 1.82) is 0 Å². The molecule has 2 unspecified atom stereocenters. The molecule has 3 N–H and O–H groups in total. The number of aliphatic hydroxyl groups excluding tert-OH is 1. The molecule has 1 saturated carbocycles. The van der Waals surface area contributed by atoms with E-state index in [9.17, 15) is 9.90 Å². The Hall–Kier alpha value is -1.39. The van der Waals surface area contributed by atoms with Crippen LogP contribution < -0.4 is 10.6 Å². The molecule has 108 valence electrons. The summed E-state index contributed by atoms with van der Waals surface area (Å²) in [4.78, 5) is 12.4. The third-order valence-corrected chi connectivity index (χ3v) is 4.62. The van der Waals surface area contributed by atoms with E-state index in [1.54, 1.807) is 0 Å². The fraction of sp³-hybridized carbons (Fsp3) is 0.562. The first kappa shape index (κ1) is 13.6. The molecule has 1 heterocycles. The quantitative estimate of drug-likeness (QED) is 0.770. The van der Waals surface area contributed by atoms with E-state index in [0.29, 0.717) is 0 Å². The van der Waals surface area contributed by atoms with Gasteiger partial charge >= 0.3 is 0 Å². The van der Waals surface area contributed by atoms with Crippen LogP contribution in [0.2, 0.25) is 0 Å². The summed E-state index contributed by atoms with van der Waals surface area (Å²) in [6, 6.07) is 8.26. The highest BCUT2D eigenvalue weighted by Crippen LogP contribution is 2.25. The average Bonchev–Trinajstić information content (AvgIpc) is 2.94. The van der Waals surface area contributed by atoms with Crippen LogP contribution in [0.1, 0.15) is 30.4 Å². The molecule has 1 aliphatic heterocycles. The molecular weight excluding hydrogens is 252 g/mol. The molecule has 4 heteroatoms. The predicted molar refractivity (Wildman–Crippen MR) is 77.1 cm³/mol. The van der Waals surface area contributed by atoms with Crippen LogP contribution in [0.5, 0.6) is 0 Å². The topological polar surface area (TPSA) is 61.4 Å². The molecule has 1 aromatic rings. The molecule has 0 bridgehead atoms. The van der Waals surface area contributed by atoms with Crippen LogP contribution in [-0.2, 0) is 17.8 Å². The van der Waals surface area contributed by atoms with E-state index >= 15 is 0 Å². The Bertz CT molecular complexity index is 489. The van der Waals surface area contributed by atoms with Gasteiger partial charge in [-0.1, -0.05) is 30.7 Å². The molecule has 3 atom stereocenters. The number of fused-ring (bicyclic) bond motifs is 1. The molecule has 0 radical (unpaired) electrons. The van der Waals surface area contributed by atoms with Crippen molar-refractivity contribution in [2.45, 2.75) is 44.3 Å². The monoisotopic (exact) mass is 274 g/mol. The van der Waals surface area contributed by atoms with Crippen molar-refractivity contribution in [3.05, 3.63) is 35.4 Å². The summed E-state index contributed by atoms with van der Waals surface area (Å²) in [5, 5.41) is 15.7. The zero-order valence-corrected chi connectivity index (χ0v) is 11.6.